The maximum Gasteiger partial charge on any atom is 0.264 e. The highest BCUT2D eigenvalue weighted by Gasteiger charge is 2.48. The molecule has 0 radical (unpaired) electrons. The molecule has 330 valence electrons. The normalized spacial score (nSPS) is 18.5. The molecule has 2 aliphatic heterocycles. The van der Waals surface area contributed by atoms with Crippen LogP contribution in [0.15, 0.2) is 103 Å². The van der Waals surface area contributed by atoms with E-state index >= 15 is 0 Å². The van der Waals surface area contributed by atoms with E-state index in [4.69, 9.17) is 0 Å². The van der Waals surface area contributed by atoms with Gasteiger partial charge in [-0.2, -0.15) is 0 Å². The van der Waals surface area contributed by atoms with Crippen molar-refractivity contribution >= 4 is 78.0 Å². The molecule has 3 heterocycles. The van der Waals surface area contributed by atoms with Crippen LogP contribution in [0.25, 0.3) is 21.2 Å². The minimum absolute atomic E-state index is 0.0191. The van der Waals surface area contributed by atoms with Gasteiger partial charge in [0.05, 0.1) is 5.69 Å². The molecule has 0 saturated heterocycles. The van der Waals surface area contributed by atoms with Crippen LogP contribution in [0.3, 0.4) is 0 Å². The molecule has 2 aliphatic carbocycles. The third-order valence-corrected chi connectivity index (χ3v) is 17.9. The summed E-state index contributed by atoms with van der Waals surface area (Å²) < 4.78 is 2.80. The Morgan fingerprint density at radius 3 is 1.71 bits per heavy atom. The van der Waals surface area contributed by atoms with Crippen LogP contribution in [-0.2, 0) is 27.1 Å². The Morgan fingerprint density at radius 1 is 0.538 bits per heavy atom. The highest BCUT2D eigenvalue weighted by atomic mass is 32.1. The fraction of sp³-hybridized carbons (Fsp3) is 0.377. The smallest absolute Gasteiger partial charge is 0.264 e. The first-order valence-corrected chi connectivity index (χ1v) is 25.2. The number of rotatable bonds is 3. The first kappa shape index (κ1) is 42.6. The minimum Gasteiger partial charge on any atom is -0.311 e. The number of nitrogens with zero attached hydrogens (tertiary/aromatic N) is 2. The second-order valence-corrected chi connectivity index (χ2v) is 25.2. The van der Waals surface area contributed by atoms with Crippen molar-refractivity contribution in [3.8, 4) is 11.1 Å². The molecule has 0 spiro atoms. The average molecular weight is 871 g/mol. The summed E-state index contributed by atoms with van der Waals surface area (Å²) in [6, 6.07) is 41.4. The Morgan fingerprint density at radius 2 is 1.09 bits per heavy atom. The molecule has 0 amide bonds. The topological polar surface area (TPSA) is 6.48 Å². The van der Waals surface area contributed by atoms with Crippen molar-refractivity contribution < 1.29 is 0 Å². The molecule has 2 nitrogen and oxygen atoms in total. The number of benzene rings is 6. The van der Waals surface area contributed by atoms with Gasteiger partial charge < -0.3 is 9.80 Å². The van der Waals surface area contributed by atoms with E-state index in [1.807, 2.05) is 11.3 Å². The summed E-state index contributed by atoms with van der Waals surface area (Å²) in [5.74, 6) is 0. The molecule has 11 rings (SSSR count). The van der Waals surface area contributed by atoms with Gasteiger partial charge in [-0.3, -0.25) is 0 Å². The molecule has 6 aromatic carbocycles. The van der Waals surface area contributed by atoms with Gasteiger partial charge >= 0.3 is 0 Å². The first-order valence-electron chi connectivity index (χ1n) is 24.4. The second kappa shape index (κ2) is 14.0. The molecule has 7 aromatic rings. The summed E-state index contributed by atoms with van der Waals surface area (Å²) in [6.45, 7) is 33.7. The minimum atomic E-state index is 0.0191. The van der Waals surface area contributed by atoms with Gasteiger partial charge in [-0.25, -0.2) is 0 Å². The standard InChI is InChI=1S/C61H67BN2S/c1-36-30-50-54-51(31-36)64(41-21-18-39(19-22-41)53-37(2)16-15-17-38(53)3)55-43-32-40(57(4,5)6)20-25-52(43)65-56(55)62(54)48-34-46-47(61(13,14)29-28-60(46,11)12)35-49(48)63(50)42-23-24-44-45(33-42)59(9,10)27-26-58(44,7)8/h15-25,30-35H,26-29H2,1-14H3. The molecule has 0 atom stereocenters. The highest BCUT2D eigenvalue weighted by Crippen LogP contribution is 2.54. The molecule has 0 saturated carbocycles. The van der Waals surface area contributed by atoms with Gasteiger partial charge in [0.15, 0.2) is 0 Å². The van der Waals surface area contributed by atoms with E-state index in [9.17, 15) is 0 Å². The molecule has 0 unspecified atom stereocenters. The van der Waals surface area contributed by atoms with Crippen LogP contribution >= 0.6 is 11.3 Å². The monoisotopic (exact) mass is 871 g/mol. The highest BCUT2D eigenvalue weighted by molar-refractivity contribution is 7.33. The van der Waals surface area contributed by atoms with Crippen LogP contribution in [0.5, 0.6) is 0 Å². The van der Waals surface area contributed by atoms with E-state index in [-0.39, 0.29) is 33.8 Å². The molecule has 4 aliphatic rings. The lowest BCUT2D eigenvalue weighted by Crippen LogP contribution is -2.61. The van der Waals surface area contributed by atoms with Crippen LogP contribution in [0.2, 0.25) is 0 Å². The summed E-state index contributed by atoms with van der Waals surface area (Å²) in [6.07, 6.45) is 4.77. The van der Waals surface area contributed by atoms with Crippen LogP contribution in [0.1, 0.15) is 146 Å². The number of thiophene rings is 1. The van der Waals surface area contributed by atoms with Crippen molar-refractivity contribution in [3.63, 3.8) is 0 Å². The largest absolute Gasteiger partial charge is 0.311 e. The molecule has 0 fully saturated rings. The molecule has 4 heteroatoms. The second-order valence-electron chi connectivity index (χ2n) is 24.1. The van der Waals surface area contributed by atoms with E-state index < -0.39 is 0 Å². The zero-order valence-electron chi connectivity index (χ0n) is 41.5. The SMILES string of the molecule is Cc1cc2c3c(c1)N(c1ccc(-c4c(C)cccc4C)cc1)c1c(sc4ccc(C(C)(C)C)cc14)B3c1cc3c(cc1N2c1ccc2c(c1)C(C)(C)CCC2(C)C)C(C)(C)CCC3(C)C. The van der Waals surface area contributed by atoms with E-state index in [2.05, 4.69) is 210 Å². The fourth-order valence-corrected chi connectivity index (χ4v) is 13.8. The lowest BCUT2D eigenvalue weighted by atomic mass is 9.35. The van der Waals surface area contributed by atoms with Crippen LogP contribution in [0.4, 0.5) is 34.1 Å². The number of hydrogen-bond acceptors (Lipinski definition) is 3. The molecule has 1 aromatic heterocycles. The summed E-state index contributed by atoms with van der Waals surface area (Å²) in [7, 11) is 0. The van der Waals surface area contributed by atoms with Crippen LogP contribution in [0, 0.1) is 20.8 Å². The van der Waals surface area contributed by atoms with Gasteiger partial charge in [0.1, 0.15) is 0 Å². The average Bonchev–Trinajstić information content (AvgIpc) is 3.62. The van der Waals surface area contributed by atoms with Gasteiger partial charge in [-0.15, -0.1) is 11.3 Å². The summed E-state index contributed by atoms with van der Waals surface area (Å²) >= 11 is 2.02. The van der Waals surface area contributed by atoms with E-state index in [1.54, 1.807) is 0 Å². The van der Waals surface area contributed by atoms with Gasteiger partial charge in [0.25, 0.3) is 6.71 Å². The van der Waals surface area contributed by atoms with Crippen molar-refractivity contribution in [2.45, 2.75) is 150 Å². The molecule has 0 N–H and O–H groups in total. The van der Waals surface area contributed by atoms with Gasteiger partial charge in [0.2, 0.25) is 0 Å². The zero-order valence-corrected chi connectivity index (χ0v) is 42.3. The van der Waals surface area contributed by atoms with Gasteiger partial charge in [0, 0.05) is 43.3 Å². The Labute approximate surface area is 394 Å². The predicted molar refractivity (Wildman–Crippen MR) is 285 cm³/mol. The number of hydrogen-bond donors (Lipinski definition) is 0. The number of anilines is 6. The third kappa shape index (κ3) is 6.39. The van der Waals surface area contributed by atoms with Gasteiger partial charge in [-0.1, -0.05) is 125 Å². The Balaban J connectivity index is 1.24. The van der Waals surface area contributed by atoms with E-state index in [0.29, 0.717) is 0 Å². The number of fused-ring (bicyclic) bond motifs is 8. The lowest BCUT2D eigenvalue weighted by Gasteiger charge is -2.47. The number of aryl methyl sites for hydroxylation is 3. The third-order valence-electron chi connectivity index (χ3n) is 16.6. The quantitative estimate of drug-likeness (QED) is 0.163. The zero-order chi connectivity index (χ0) is 45.9. The maximum atomic E-state index is 2.70. The summed E-state index contributed by atoms with van der Waals surface area (Å²) in [5, 5.41) is 1.35. The molecular formula is C61H67BN2S. The summed E-state index contributed by atoms with van der Waals surface area (Å²) in [4.78, 5) is 5.36. The Hall–Kier alpha value is -5.06. The van der Waals surface area contributed by atoms with Gasteiger partial charge in [-0.05, 0) is 195 Å². The lowest BCUT2D eigenvalue weighted by molar-refractivity contribution is 0.332. The Bertz CT molecular complexity index is 3110. The molecular weight excluding hydrogens is 804 g/mol. The predicted octanol–water partition coefficient (Wildman–Crippen LogP) is 15.6. The first-order chi connectivity index (χ1) is 30.6. The van der Waals surface area contributed by atoms with E-state index in [1.165, 1.54) is 141 Å². The fourth-order valence-electron chi connectivity index (χ4n) is 12.5. The van der Waals surface area contributed by atoms with Crippen LogP contribution in [-0.4, -0.2) is 6.71 Å². The maximum absolute atomic E-state index is 2.70. The van der Waals surface area contributed by atoms with Crippen molar-refractivity contribution in [1.29, 1.82) is 0 Å². The Kier molecular flexibility index (Phi) is 9.16. The molecule has 0 bridgehead atoms. The van der Waals surface area contributed by atoms with Crippen molar-refractivity contribution in [1.82, 2.24) is 0 Å². The van der Waals surface area contributed by atoms with Crippen molar-refractivity contribution in [3.05, 3.63) is 148 Å². The summed E-state index contributed by atoms with van der Waals surface area (Å²) in [5.41, 5.74) is 25.0. The molecule has 65 heavy (non-hydrogen) atoms. The van der Waals surface area contributed by atoms with Crippen LogP contribution < -0.4 is 25.5 Å². The van der Waals surface area contributed by atoms with Crippen molar-refractivity contribution in [2.24, 2.45) is 0 Å². The van der Waals surface area contributed by atoms with E-state index in [0.717, 1.165) is 0 Å². The van der Waals surface area contributed by atoms with Crippen molar-refractivity contribution in [2.75, 3.05) is 9.80 Å².